The van der Waals surface area contributed by atoms with E-state index in [0.29, 0.717) is 45.8 Å². The van der Waals surface area contributed by atoms with Crippen LogP contribution >= 0.6 is 23.2 Å². The molecule has 0 spiro atoms. The zero-order valence-corrected chi connectivity index (χ0v) is 25.6. The molecule has 0 bridgehead atoms. The van der Waals surface area contributed by atoms with E-state index in [9.17, 15) is 19.1 Å². The number of pyridine rings is 2. The van der Waals surface area contributed by atoms with Crippen molar-refractivity contribution in [3.05, 3.63) is 80.8 Å². The Morgan fingerprint density at radius 3 is 2.66 bits per heavy atom. The first-order chi connectivity index (χ1) is 20.9. The Kier molecular flexibility index (Phi) is 7.42. The fraction of sp³-hybridized carbons (Fsp3) is 0.312. The highest BCUT2D eigenvalue weighted by molar-refractivity contribution is 6.33. The van der Waals surface area contributed by atoms with Crippen molar-refractivity contribution in [3.8, 4) is 22.8 Å². The maximum Gasteiger partial charge on any atom is 0.251 e. The molecule has 1 saturated carbocycles. The molecule has 9 nitrogen and oxygen atoms in total. The number of hydrogen-bond donors (Lipinski definition) is 3. The van der Waals surface area contributed by atoms with Gasteiger partial charge in [0.1, 0.15) is 51.3 Å². The van der Waals surface area contributed by atoms with Gasteiger partial charge in [0, 0.05) is 22.1 Å². The third-order valence-electron chi connectivity index (χ3n) is 8.53. The van der Waals surface area contributed by atoms with E-state index >= 15 is 0 Å². The maximum absolute atomic E-state index is 14.5. The largest absolute Gasteiger partial charge is 0.494 e. The molecule has 1 aliphatic heterocycles. The number of fused-ring (bicyclic) bond motifs is 2. The molecule has 0 radical (unpaired) electrons. The van der Waals surface area contributed by atoms with Gasteiger partial charge in [0.25, 0.3) is 5.91 Å². The first-order valence-electron chi connectivity index (χ1n) is 14.0. The van der Waals surface area contributed by atoms with Crippen molar-refractivity contribution >= 4 is 45.9 Å². The van der Waals surface area contributed by atoms with Gasteiger partial charge in [-0.05, 0) is 68.5 Å². The Balaban J connectivity index is 1.41. The molecular weight excluding hydrogens is 610 g/mol. The maximum atomic E-state index is 14.5. The van der Waals surface area contributed by atoms with E-state index in [1.54, 1.807) is 31.2 Å². The summed E-state index contributed by atoms with van der Waals surface area (Å²) in [5.41, 5.74) is 5.43. The van der Waals surface area contributed by atoms with E-state index in [2.05, 4.69) is 10.3 Å². The number of nitrogens with zero attached hydrogens (tertiary/aromatic N) is 2. The summed E-state index contributed by atoms with van der Waals surface area (Å²) in [4.78, 5) is 35.2. The smallest absolute Gasteiger partial charge is 0.251 e. The summed E-state index contributed by atoms with van der Waals surface area (Å²) in [6, 6.07) is 10.9. The summed E-state index contributed by atoms with van der Waals surface area (Å²) in [7, 11) is 1.48. The fourth-order valence-electron chi connectivity index (χ4n) is 5.63. The molecule has 2 amide bonds. The van der Waals surface area contributed by atoms with Crippen LogP contribution in [0.2, 0.25) is 10.2 Å². The van der Waals surface area contributed by atoms with Crippen LogP contribution in [0.3, 0.4) is 0 Å². The van der Waals surface area contributed by atoms with Gasteiger partial charge in [-0.25, -0.2) is 14.4 Å². The lowest BCUT2D eigenvalue weighted by Gasteiger charge is -2.30. The van der Waals surface area contributed by atoms with Crippen LogP contribution in [0.5, 0.6) is 11.5 Å². The second-order valence-corrected chi connectivity index (χ2v) is 12.3. The quantitative estimate of drug-likeness (QED) is 0.225. The summed E-state index contributed by atoms with van der Waals surface area (Å²) >= 11 is 12.6. The molecule has 2 aromatic heterocycles. The fourth-order valence-corrected chi connectivity index (χ4v) is 5.98. The Hall–Kier alpha value is -3.99. The highest BCUT2D eigenvalue weighted by atomic mass is 35.5. The Bertz CT molecular complexity index is 1870. The second-order valence-electron chi connectivity index (χ2n) is 11.5. The molecule has 12 heteroatoms. The van der Waals surface area contributed by atoms with Gasteiger partial charge in [0.15, 0.2) is 0 Å². The molecule has 6 rings (SSSR count). The van der Waals surface area contributed by atoms with Crippen LogP contribution < -0.4 is 20.5 Å². The number of methoxy groups -OCH3 is 1. The lowest BCUT2D eigenvalue weighted by molar-refractivity contribution is -0.123. The molecule has 2 aliphatic rings. The van der Waals surface area contributed by atoms with Gasteiger partial charge in [-0.15, -0.1) is 0 Å². The Morgan fingerprint density at radius 1 is 1.23 bits per heavy atom. The molecule has 228 valence electrons. The number of ether oxygens (including phenoxy) is 2. The third kappa shape index (κ3) is 4.91. The minimum Gasteiger partial charge on any atom is -0.494 e. The van der Waals surface area contributed by atoms with Gasteiger partial charge in [0.2, 0.25) is 5.91 Å². The van der Waals surface area contributed by atoms with Gasteiger partial charge in [-0.2, -0.15) is 0 Å². The highest BCUT2D eigenvalue weighted by Gasteiger charge is 2.50. The molecule has 44 heavy (non-hydrogen) atoms. The van der Waals surface area contributed by atoms with Crippen molar-refractivity contribution in [2.24, 2.45) is 11.7 Å². The van der Waals surface area contributed by atoms with E-state index in [4.69, 9.17) is 43.4 Å². The monoisotopic (exact) mass is 638 g/mol. The lowest BCUT2D eigenvalue weighted by atomic mass is 9.81. The topological polar surface area (TPSA) is 137 Å². The summed E-state index contributed by atoms with van der Waals surface area (Å²) < 4.78 is 25.9. The third-order valence-corrected chi connectivity index (χ3v) is 9.30. The minimum absolute atomic E-state index is 0.0648. The number of carbonyl (C=O) groups excluding carboxylic acids is 2. The second kappa shape index (κ2) is 10.9. The molecule has 4 aromatic rings. The standard InChI is InChI=1S/C32H29Cl2FN4O5/c1-15-9-16-10-17(11-22(43-3)25(16)39-28(15)34)29(40)37-13-32(42,18-7-8-18)23-12-20-27(44-14-31(20,2)30(36)41)26(38-23)19-5-4-6-21(35)24(19)33/h4-6,9-12,18,42H,7-8,13-14H2,1-3H3,(H2,36,41)(H,37,40)/t31-,32?/m0/s1. The number of hydrogen-bond acceptors (Lipinski definition) is 7. The molecule has 4 N–H and O–H groups in total. The van der Waals surface area contributed by atoms with E-state index < -0.39 is 28.6 Å². The average molecular weight is 640 g/mol. The number of nitrogens with two attached hydrogens (primary N) is 1. The highest BCUT2D eigenvalue weighted by Crippen LogP contribution is 2.50. The summed E-state index contributed by atoms with van der Waals surface area (Å²) in [5.74, 6) is -1.40. The first kappa shape index (κ1) is 30.1. The first-order valence-corrected chi connectivity index (χ1v) is 14.7. The molecule has 1 unspecified atom stereocenters. The van der Waals surface area contributed by atoms with Crippen molar-refractivity contribution in [1.29, 1.82) is 0 Å². The number of aliphatic hydroxyl groups is 1. The van der Waals surface area contributed by atoms with Crippen LogP contribution in [0.25, 0.3) is 22.2 Å². The number of aromatic nitrogens is 2. The normalized spacial score (nSPS) is 18.8. The lowest BCUT2D eigenvalue weighted by Crippen LogP contribution is -2.44. The molecule has 3 heterocycles. The average Bonchev–Trinajstić information content (AvgIpc) is 3.80. The van der Waals surface area contributed by atoms with Crippen molar-refractivity contribution < 1.29 is 28.6 Å². The summed E-state index contributed by atoms with van der Waals surface area (Å²) in [5, 5.41) is 15.9. The molecule has 2 atom stereocenters. The number of nitrogens with one attached hydrogen (secondary N) is 1. The molecule has 0 saturated heterocycles. The number of rotatable bonds is 8. The van der Waals surface area contributed by atoms with Crippen LogP contribution in [0.15, 0.2) is 42.5 Å². The molecule has 1 fully saturated rings. The SMILES string of the molecule is COc1cc(C(=O)NCC(O)(c2cc3c(c(-c4cccc(F)c4Cl)n2)OC[C@]3(C)C(N)=O)C2CC2)cc2cc(C)c(Cl)nc12. The van der Waals surface area contributed by atoms with E-state index in [0.717, 1.165) is 5.56 Å². The van der Waals surface area contributed by atoms with E-state index in [1.807, 2.05) is 13.0 Å². The van der Waals surface area contributed by atoms with Crippen molar-refractivity contribution in [3.63, 3.8) is 0 Å². The predicted octanol–water partition coefficient (Wildman–Crippen LogP) is 5.22. The van der Waals surface area contributed by atoms with Gasteiger partial charge in [-0.3, -0.25) is 9.59 Å². The van der Waals surface area contributed by atoms with Crippen molar-refractivity contribution in [1.82, 2.24) is 15.3 Å². The van der Waals surface area contributed by atoms with Crippen LogP contribution in [-0.4, -0.2) is 47.2 Å². The van der Waals surface area contributed by atoms with E-state index in [1.165, 1.54) is 19.2 Å². The van der Waals surface area contributed by atoms with Crippen LogP contribution in [0.4, 0.5) is 4.39 Å². The Morgan fingerprint density at radius 2 is 1.98 bits per heavy atom. The molecule has 1 aliphatic carbocycles. The molecular formula is C32H29Cl2FN4O5. The van der Waals surface area contributed by atoms with Gasteiger partial charge in [-0.1, -0.05) is 35.3 Å². The number of aryl methyl sites for hydroxylation is 1. The summed E-state index contributed by atoms with van der Waals surface area (Å²) in [6.45, 7) is 3.18. The number of amides is 2. The number of halogens is 3. The van der Waals surface area contributed by atoms with Gasteiger partial charge >= 0.3 is 0 Å². The minimum atomic E-state index is -1.65. The van der Waals surface area contributed by atoms with Gasteiger partial charge in [0.05, 0.1) is 24.4 Å². The summed E-state index contributed by atoms with van der Waals surface area (Å²) in [6.07, 6.45) is 1.36. The number of benzene rings is 2. The zero-order chi connectivity index (χ0) is 31.6. The predicted molar refractivity (Wildman–Crippen MR) is 164 cm³/mol. The number of primary amides is 1. The van der Waals surface area contributed by atoms with Crippen LogP contribution in [0.1, 0.15) is 46.9 Å². The van der Waals surface area contributed by atoms with Crippen LogP contribution in [0, 0.1) is 18.7 Å². The van der Waals surface area contributed by atoms with Crippen LogP contribution in [-0.2, 0) is 15.8 Å². The molecule has 2 aromatic carbocycles. The zero-order valence-electron chi connectivity index (χ0n) is 24.1. The van der Waals surface area contributed by atoms with E-state index in [-0.39, 0.29) is 46.8 Å². The van der Waals surface area contributed by atoms with Crippen molar-refractivity contribution in [2.45, 2.75) is 37.7 Å². The van der Waals surface area contributed by atoms with Crippen molar-refractivity contribution in [2.75, 3.05) is 20.3 Å². The Labute approximate surface area is 262 Å². The van der Waals surface area contributed by atoms with Gasteiger partial charge < -0.3 is 25.6 Å². The number of carbonyl (C=O) groups is 2.